The molecule has 0 saturated carbocycles. The number of benzene rings is 2. The molecule has 1 aromatic heterocycles. The number of aromatic nitrogens is 1. The maximum Gasteiger partial charge on any atom is 0.195 e. The zero-order valence-corrected chi connectivity index (χ0v) is 16.7. The van der Waals surface area contributed by atoms with Gasteiger partial charge in [0.15, 0.2) is 11.7 Å². The van der Waals surface area contributed by atoms with Gasteiger partial charge in [0.2, 0.25) is 0 Å². The van der Waals surface area contributed by atoms with Gasteiger partial charge in [-0.1, -0.05) is 65.8 Å². The average molecular weight is 389 g/mol. The van der Waals surface area contributed by atoms with E-state index in [1.807, 2.05) is 48.5 Å². The van der Waals surface area contributed by atoms with Gasteiger partial charge in [0.25, 0.3) is 0 Å². The standard InChI is InChI=1S/C24H27N3O2/c1-3-10-20(11-4-1)23-24(21-12-5-2-6-13-21)29-22(26-23)14-9-15-25-28-19-18-27-16-7-8-17-27/h1-6,10-13,15H,7-9,14,16-19H2/b25-15+. The summed E-state index contributed by atoms with van der Waals surface area (Å²) in [6.07, 6.45) is 5.82. The molecule has 0 N–H and O–H groups in total. The lowest BCUT2D eigenvalue weighted by Gasteiger charge is -2.12. The number of oxazole rings is 1. The predicted octanol–water partition coefficient (Wildman–Crippen LogP) is 5.04. The second kappa shape index (κ2) is 10.0. The Morgan fingerprint density at radius 1 is 0.966 bits per heavy atom. The lowest BCUT2D eigenvalue weighted by molar-refractivity contribution is 0.119. The highest BCUT2D eigenvalue weighted by molar-refractivity contribution is 5.76. The van der Waals surface area contributed by atoms with Crippen LogP contribution in [0.5, 0.6) is 0 Å². The maximum absolute atomic E-state index is 6.13. The molecule has 150 valence electrons. The van der Waals surface area contributed by atoms with Crippen molar-refractivity contribution in [3.63, 3.8) is 0 Å². The lowest BCUT2D eigenvalue weighted by atomic mass is 10.1. The zero-order chi connectivity index (χ0) is 19.7. The van der Waals surface area contributed by atoms with Gasteiger partial charge in [0.05, 0.1) is 0 Å². The van der Waals surface area contributed by atoms with Gasteiger partial charge in [-0.05, 0) is 32.4 Å². The number of nitrogens with zero attached hydrogens (tertiary/aromatic N) is 3. The fourth-order valence-electron chi connectivity index (χ4n) is 3.57. The molecule has 0 amide bonds. The van der Waals surface area contributed by atoms with Gasteiger partial charge in [-0.3, -0.25) is 4.90 Å². The Hall–Kier alpha value is -2.92. The fraction of sp³-hybridized carbons (Fsp3) is 0.333. The number of rotatable bonds is 9. The molecule has 0 unspecified atom stereocenters. The van der Waals surface area contributed by atoms with E-state index in [9.17, 15) is 0 Å². The molecule has 1 aliphatic heterocycles. The summed E-state index contributed by atoms with van der Waals surface area (Å²) < 4.78 is 6.13. The lowest BCUT2D eigenvalue weighted by Crippen LogP contribution is -2.23. The van der Waals surface area contributed by atoms with Crippen LogP contribution < -0.4 is 0 Å². The van der Waals surface area contributed by atoms with Crippen molar-refractivity contribution in [2.45, 2.75) is 25.7 Å². The van der Waals surface area contributed by atoms with Crippen molar-refractivity contribution >= 4 is 6.21 Å². The highest BCUT2D eigenvalue weighted by Crippen LogP contribution is 2.32. The minimum Gasteiger partial charge on any atom is -0.440 e. The monoisotopic (exact) mass is 389 g/mol. The van der Waals surface area contributed by atoms with Crippen LogP contribution in [0.3, 0.4) is 0 Å². The number of likely N-dealkylation sites (tertiary alicyclic amines) is 1. The van der Waals surface area contributed by atoms with Crippen molar-refractivity contribution in [2.75, 3.05) is 26.2 Å². The van der Waals surface area contributed by atoms with Crippen molar-refractivity contribution < 1.29 is 9.25 Å². The van der Waals surface area contributed by atoms with Crippen molar-refractivity contribution in [3.8, 4) is 22.6 Å². The van der Waals surface area contributed by atoms with Gasteiger partial charge in [0, 0.05) is 30.3 Å². The van der Waals surface area contributed by atoms with Crippen LogP contribution in [-0.4, -0.2) is 42.3 Å². The van der Waals surface area contributed by atoms with Gasteiger partial charge < -0.3 is 9.25 Å². The number of hydrogen-bond donors (Lipinski definition) is 0. The molecule has 1 aliphatic rings. The summed E-state index contributed by atoms with van der Waals surface area (Å²) in [5, 5.41) is 4.07. The molecule has 1 fully saturated rings. The quantitative estimate of drug-likeness (QED) is 0.292. The van der Waals surface area contributed by atoms with Crippen LogP contribution in [0.4, 0.5) is 0 Å². The third-order valence-corrected chi connectivity index (χ3v) is 5.09. The van der Waals surface area contributed by atoms with E-state index in [1.165, 1.54) is 25.9 Å². The van der Waals surface area contributed by atoms with Gasteiger partial charge >= 0.3 is 0 Å². The molecule has 5 nitrogen and oxygen atoms in total. The Bertz CT molecular complexity index is 843. The smallest absolute Gasteiger partial charge is 0.195 e. The van der Waals surface area contributed by atoms with Crippen LogP contribution >= 0.6 is 0 Å². The Morgan fingerprint density at radius 3 is 2.38 bits per heavy atom. The molecule has 29 heavy (non-hydrogen) atoms. The highest BCUT2D eigenvalue weighted by Gasteiger charge is 2.16. The minimum absolute atomic E-state index is 0.645. The first-order valence-corrected chi connectivity index (χ1v) is 10.4. The van der Waals surface area contributed by atoms with Crippen LogP contribution in [0, 0.1) is 0 Å². The van der Waals surface area contributed by atoms with Crippen molar-refractivity contribution in [1.82, 2.24) is 9.88 Å². The average Bonchev–Trinajstić information content (AvgIpc) is 3.44. The molecule has 0 radical (unpaired) electrons. The Balaban J connectivity index is 1.36. The van der Waals surface area contributed by atoms with E-state index in [2.05, 4.69) is 22.2 Å². The van der Waals surface area contributed by atoms with Crippen molar-refractivity contribution in [1.29, 1.82) is 0 Å². The fourth-order valence-corrected chi connectivity index (χ4v) is 3.57. The van der Waals surface area contributed by atoms with Gasteiger partial charge in [-0.15, -0.1) is 0 Å². The number of aryl methyl sites for hydroxylation is 1. The summed E-state index contributed by atoms with van der Waals surface area (Å²) in [6.45, 7) is 3.97. The second-order valence-corrected chi connectivity index (χ2v) is 7.23. The molecule has 5 heteroatoms. The summed E-state index contributed by atoms with van der Waals surface area (Å²) >= 11 is 0. The molecule has 0 atom stereocenters. The van der Waals surface area contributed by atoms with Crippen molar-refractivity contribution in [2.24, 2.45) is 5.16 Å². The highest BCUT2D eigenvalue weighted by atomic mass is 16.6. The van der Waals surface area contributed by atoms with E-state index >= 15 is 0 Å². The molecule has 2 heterocycles. The summed E-state index contributed by atoms with van der Waals surface area (Å²) in [6, 6.07) is 20.3. The minimum atomic E-state index is 0.645. The Morgan fingerprint density at radius 2 is 1.66 bits per heavy atom. The zero-order valence-electron chi connectivity index (χ0n) is 16.7. The van der Waals surface area contributed by atoms with Gasteiger partial charge in [0.1, 0.15) is 12.3 Å². The second-order valence-electron chi connectivity index (χ2n) is 7.23. The molecule has 0 spiro atoms. The van der Waals surface area contributed by atoms with E-state index in [0.29, 0.717) is 18.9 Å². The molecule has 1 saturated heterocycles. The van der Waals surface area contributed by atoms with E-state index in [-0.39, 0.29) is 0 Å². The first-order chi connectivity index (χ1) is 14.4. The van der Waals surface area contributed by atoms with Crippen LogP contribution in [0.25, 0.3) is 22.6 Å². The molecule has 4 rings (SSSR count). The van der Waals surface area contributed by atoms with E-state index in [1.54, 1.807) is 6.21 Å². The normalized spacial score (nSPS) is 14.6. The van der Waals surface area contributed by atoms with E-state index in [0.717, 1.165) is 35.5 Å². The first-order valence-electron chi connectivity index (χ1n) is 10.4. The third-order valence-electron chi connectivity index (χ3n) is 5.09. The van der Waals surface area contributed by atoms with Gasteiger partial charge in [-0.2, -0.15) is 0 Å². The summed E-state index contributed by atoms with van der Waals surface area (Å²) in [7, 11) is 0. The SMILES string of the molecule is C(/CCc1nc(-c2ccccc2)c(-c2ccccc2)o1)=N\OCCN1CCCC1. The summed E-state index contributed by atoms with van der Waals surface area (Å²) in [5.41, 5.74) is 2.97. The summed E-state index contributed by atoms with van der Waals surface area (Å²) in [4.78, 5) is 12.6. The molecular weight excluding hydrogens is 362 g/mol. The van der Waals surface area contributed by atoms with Crippen LogP contribution in [0.1, 0.15) is 25.2 Å². The topological polar surface area (TPSA) is 50.9 Å². The third kappa shape index (κ3) is 5.33. The van der Waals surface area contributed by atoms with Crippen LogP contribution in [-0.2, 0) is 11.3 Å². The number of oxime groups is 1. The van der Waals surface area contributed by atoms with Crippen molar-refractivity contribution in [3.05, 3.63) is 66.6 Å². The molecular formula is C24H27N3O2. The Kier molecular flexibility index (Phi) is 6.71. The van der Waals surface area contributed by atoms with E-state index in [4.69, 9.17) is 14.2 Å². The summed E-state index contributed by atoms with van der Waals surface area (Å²) in [5.74, 6) is 1.52. The van der Waals surface area contributed by atoms with Gasteiger partial charge in [-0.25, -0.2) is 4.98 Å². The maximum atomic E-state index is 6.13. The van der Waals surface area contributed by atoms with Crippen LogP contribution in [0.15, 0.2) is 70.2 Å². The molecule has 0 bridgehead atoms. The first kappa shape index (κ1) is 19.4. The molecule has 2 aromatic carbocycles. The predicted molar refractivity (Wildman–Crippen MR) is 116 cm³/mol. The Labute approximate surface area is 172 Å². The van der Waals surface area contributed by atoms with Crippen LogP contribution in [0.2, 0.25) is 0 Å². The molecule has 0 aliphatic carbocycles. The van der Waals surface area contributed by atoms with E-state index < -0.39 is 0 Å². The molecule has 3 aromatic rings. The number of hydrogen-bond acceptors (Lipinski definition) is 5. The largest absolute Gasteiger partial charge is 0.440 e.